The molecule has 1 rings (SSSR count). The fraction of sp³-hybridized carbons (Fsp3) is 0.625. The van der Waals surface area contributed by atoms with Crippen LogP contribution in [0.5, 0.6) is 0 Å². The smallest absolute Gasteiger partial charge is 0.140 e. The molecule has 1 saturated carbocycles. The Morgan fingerprint density at radius 1 is 1.56 bits per heavy atom. The molecular weight excluding hydrogens is 224 g/mol. The second-order valence-electron chi connectivity index (χ2n) is 5.39. The Kier molecular flexibility index (Phi) is 5.34. The highest BCUT2D eigenvalue weighted by Crippen LogP contribution is 2.43. The standard InChI is InChI=1S/C16H22O2/c1-4-14-9-10-15(18)16(14,3)11-5-7-13(2)8-6-12-17/h1,7,12,14H,5-6,8-11H2,2-3H3/b13-7+/t14-,16+/m1/s1. The SMILES string of the molecule is C#C[C@@H]1CCC(=O)[C@@]1(C)CC/C=C(\C)CCC=O. The Bertz CT molecular complexity index is 386. The van der Waals surface area contributed by atoms with Crippen LogP contribution in [0.2, 0.25) is 0 Å². The molecule has 0 N–H and O–H groups in total. The van der Waals surface area contributed by atoms with E-state index in [0.29, 0.717) is 18.6 Å². The summed E-state index contributed by atoms with van der Waals surface area (Å²) in [7, 11) is 0. The number of hydrogen-bond acceptors (Lipinski definition) is 2. The van der Waals surface area contributed by atoms with Crippen molar-refractivity contribution in [1.29, 1.82) is 0 Å². The van der Waals surface area contributed by atoms with Gasteiger partial charge in [-0.1, -0.05) is 18.6 Å². The van der Waals surface area contributed by atoms with E-state index in [2.05, 4.69) is 12.0 Å². The largest absolute Gasteiger partial charge is 0.303 e. The third-order valence-corrected chi connectivity index (χ3v) is 4.08. The first kappa shape index (κ1) is 14.7. The van der Waals surface area contributed by atoms with Crippen LogP contribution in [0.15, 0.2) is 11.6 Å². The lowest BCUT2D eigenvalue weighted by Gasteiger charge is -2.26. The van der Waals surface area contributed by atoms with Crippen LogP contribution in [0.1, 0.15) is 52.4 Å². The molecule has 0 aliphatic heterocycles. The van der Waals surface area contributed by atoms with Gasteiger partial charge in [0.2, 0.25) is 0 Å². The van der Waals surface area contributed by atoms with Gasteiger partial charge in [0.1, 0.15) is 12.1 Å². The summed E-state index contributed by atoms with van der Waals surface area (Å²) in [4.78, 5) is 22.2. The molecular formula is C16H22O2. The van der Waals surface area contributed by atoms with Crippen LogP contribution in [0.4, 0.5) is 0 Å². The van der Waals surface area contributed by atoms with Gasteiger partial charge >= 0.3 is 0 Å². The van der Waals surface area contributed by atoms with Crippen LogP contribution in [0.25, 0.3) is 0 Å². The molecule has 1 aliphatic rings. The number of ketones is 1. The molecule has 2 atom stereocenters. The van der Waals surface area contributed by atoms with E-state index in [9.17, 15) is 9.59 Å². The Labute approximate surface area is 110 Å². The molecule has 0 aromatic heterocycles. The number of carbonyl (C=O) groups is 2. The van der Waals surface area contributed by atoms with Crippen molar-refractivity contribution in [2.75, 3.05) is 0 Å². The summed E-state index contributed by atoms with van der Waals surface area (Å²) in [5.41, 5.74) is 0.879. The van der Waals surface area contributed by atoms with Crippen LogP contribution in [-0.2, 0) is 9.59 Å². The van der Waals surface area contributed by atoms with Crippen LogP contribution in [-0.4, -0.2) is 12.1 Å². The number of Topliss-reactive ketones (excluding diaryl/α,β-unsaturated/α-hetero) is 1. The van der Waals surface area contributed by atoms with Crippen molar-refractivity contribution in [2.45, 2.75) is 52.4 Å². The van der Waals surface area contributed by atoms with Crippen molar-refractivity contribution in [3.8, 4) is 12.3 Å². The highest BCUT2D eigenvalue weighted by Gasteiger charge is 2.44. The predicted molar refractivity (Wildman–Crippen MR) is 73.0 cm³/mol. The van der Waals surface area contributed by atoms with Gasteiger partial charge in [0.15, 0.2) is 0 Å². The van der Waals surface area contributed by atoms with Gasteiger partial charge in [0, 0.05) is 24.2 Å². The van der Waals surface area contributed by atoms with Gasteiger partial charge in [0.05, 0.1) is 0 Å². The first-order valence-corrected chi connectivity index (χ1v) is 6.63. The number of carbonyl (C=O) groups excluding carboxylic acids is 2. The minimum absolute atomic E-state index is 0.0914. The molecule has 0 bridgehead atoms. The summed E-state index contributed by atoms with van der Waals surface area (Å²) in [6.45, 7) is 4.03. The van der Waals surface area contributed by atoms with Gasteiger partial charge in [0.25, 0.3) is 0 Å². The summed E-state index contributed by atoms with van der Waals surface area (Å²) in [5.74, 6) is 3.17. The molecule has 0 heterocycles. The lowest BCUT2D eigenvalue weighted by Crippen LogP contribution is -2.28. The molecule has 0 saturated heterocycles. The maximum atomic E-state index is 12.0. The molecule has 1 aliphatic carbocycles. The third kappa shape index (κ3) is 3.32. The molecule has 0 aromatic carbocycles. The molecule has 0 amide bonds. The van der Waals surface area contributed by atoms with Gasteiger partial charge in [-0.05, 0) is 32.6 Å². The molecule has 0 spiro atoms. The average Bonchev–Trinajstić information content (AvgIpc) is 2.63. The Balaban J connectivity index is 2.54. The fourth-order valence-electron chi connectivity index (χ4n) is 2.66. The molecule has 2 nitrogen and oxygen atoms in total. The number of aldehydes is 1. The molecule has 18 heavy (non-hydrogen) atoms. The molecule has 0 aromatic rings. The quantitative estimate of drug-likeness (QED) is 0.409. The number of hydrogen-bond donors (Lipinski definition) is 0. The summed E-state index contributed by atoms with van der Waals surface area (Å²) < 4.78 is 0. The van der Waals surface area contributed by atoms with E-state index in [1.54, 1.807) is 0 Å². The van der Waals surface area contributed by atoms with Gasteiger partial charge in [-0.25, -0.2) is 0 Å². The number of terminal acetylenes is 1. The maximum Gasteiger partial charge on any atom is 0.140 e. The number of allylic oxidation sites excluding steroid dienone is 2. The van der Waals surface area contributed by atoms with E-state index in [4.69, 9.17) is 6.42 Å². The fourth-order valence-corrected chi connectivity index (χ4v) is 2.66. The molecule has 1 fully saturated rings. The lowest BCUT2D eigenvalue weighted by molar-refractivity contribution is -0.126. The summed E-state index contributed by atoms with van der Waals surface area (Å²) in [5, 5.41) is 0. The van der Waals surface area contributed by atoms with Gasteiger partial charge in [-0.2, -0.15) is 0 Å². The monoisotopic (exact) mass is 246 g/mol. The van der Waals surface area contributed by atoms with E-state index in [0.717, 1.165) is 32.0 Å². The third-order valence-electron chi connectivity index (χ3n) is 4.08. The molecule has 2 heteroatoms. The summed E-state index contributed by atoms with van der Waals surface area (Å²) in [6.07, 6.45) is 13.1. The highest BCUT2D eigenvalue weighted by molar-refractivity contribution is 5.87. The zero-order chi connectivity index (χ0) is 13.6. The topological polar surface area (TPSA) is 34.1 Å². The highest BCUT2D eigenvalue weighted by atomic mass is 16.1. The van der Waals surface area contributed by atoms with E-state index >= 15 is 0 Å². The van der Waals surface area contributed by atoms with Gasteiger partial charge in [-0.3, -0.25) is 4.79 Å². The average molecular weight is 246 g/mol. The molecule has 98 valence electrons. The minimum atomic E-state index is -0.337. The van der Waals surface area contributed by atoms with E-state index in [1.807, 2.05) is 13.8 Å². The van der Waals surface area contributed by atoms with Crippen molar-refractivity contribution in [1.82, 2.24) is 0 Å². The first-order chi connectivity index (χ1) is 8.54. The van der Waals surface area contributed by atoms with Crippen molar-refractivity contribution < 1.29 is 9.59 Å². The zero-order valence-electron chi connectivity index (χ0n) is 11.4. The van der Waals surface area contributed by atoms with Gasteiger partial charge in [-0.15, -0.1) is 12.3 Å². The van der Waals surface area contributed by atoms with Crippen molar-refractivity contribution >= 4 is 12.1 Å². The van der Waals surface area contributed by atoms with Crippen molar-refractivity contribution in [2.24, 2.45) is 11.3 Å². The van der Waals surface area contributed by atoms with Crippen LogP contribution in [0, 0.1) is 23.7 Å². The lowest BCUT2D eigenvalue weighted by atomic mass is 9.75. The second kappa shape index (κ2) is 6.54. The van der Waals surface area contributed by atoms with Crippen molar-refractivity contribution in [3.63, 3.8) is 0 Å². The van der Waals surface area contributed by atoms with E-state index in [-0.39, 0.29) is 11.3 Å². The Morgan fingerprint density at radius 2 is 2.28 bits per heavy atom. The Hall–Kier alpha value is -1.36. The van der Waals surface area contributed by atoms with E-state index in [1.165, 1.54) is 5.57 Å². The van der Waals surface area contributed by atoms with E-state index < -0.39 is 0 Å². The summed E-state index contributed by atoms with van der Waals surface area (Å²) >= 11 is 0. The normalized spacial score (nSPS) is 28.2. The summed E-state index contributed by atoms with van der Waals surface area (Å²) in [6, 6.07) is 0. The first-order valence-electron chi connectivity index (χ1n) is 6.63. The molecule has 0 radical (unpaired) electrons. The van der Waals surface area contributed by atoms with Crippen molar-refractivity contribution in [3.05, 3.63) is 11.6 Å². The molecule has 0 unspecified atom stereocenters. The number of rotatable bonds is 6. The second-order valence-corrected chi connectivity index (χ2v) is 5.39. The zero-order valence-corrected chi connectivity index (χ0v) is 11.4. The van der Waals surface area contributed by atoms with Crippen LogP contribution >= 0.6 is 0 Å². The van der Waals surface area contributed by atoms with Crippen LogP contribution in [0.3, 0.4) is 0 Å². The maximum absolute atomic E-state index is 12.0. The van der Waals surface area contributed by atoms with Crippen LogP contribution < -0.4 is 0 Å². The van der Waals surface area contributed by atoms with Gasteiger partial charge < -0.3 is 4.79 Å². The Morgan fingerprint density at radius 3 is 2.89 bits per heavy atom. The predicted octanol–water partition coefficient (Wildman–Crippen LogP) is 3.31. The minimum Gasteiger partial charge on any atom is -0.303 e.